The van der Waals surface area contributed by atoms with Crippen LogP contribution in [0.4, 0.5) is 0 Å². The molecule has 0 spiro atoms. The first kappa shape index (κ1) is 7.25. The van der Waals surface area contributed by atoms with E-state index >= 15 is 0 Å². The lowest BCUT2D eigenvalue weighted by Crippen LogP contribution is -2.20. The van der Waals surface area contributed by atoms with Gasteiger partial charge in [-0.2, -0.15) is 0 Å². The summed E-state index contributed by atoms with van der Waals surface area (Å²) < 4.78 is 0. The van der Waals surface area contributed by atoms with Gasteiger partial charge in [-0.15, -0.1) is 11.3 Å². The third-order valence-corrected chi connectivity index (χ3v) is 2.84. The summed E-state index contributed by atoms with van der Waals surface area (Å²) in [5, 5.41) is 6.74. The summed E-state index contributed by atoms with van der Waals surface area (Å²) in [6, 6.07) is 1.22. The van der Waals surface area contributed by atoms with Crippen LogP contribution in [0.15, 0.2) is 11.6 Å². The molecule has 11 heavy (non-hydrogen) atoms. The molecular formula is C8H12N2S. The van der Waals surface area contributed by atoms with Gasteiger partial charge in [-0.3, -0.25) is 0 Å². The first-order valence-corrected chi connectivity index (χ1v) is 4.89. The van der Waals surface area contributed by atoms with E-state index in [1.54, 1.807) is 11.3 Å². The van der Waals surface area contributed by atoms with Crippen molar-refractivity contribution in [3.63, 3.8) is 0 Å². The summed E-state index contributed by atoms with van der Waals surface area (Å²) in [6.07, 6.45) is 4.55. The van der Waals surface area contributed by atoms with E-state index < -0.39 is 0 Å². The van der Waals surface area contributed by atoms with E-state index in [4.69, 9.17) is 0 Å². The maximum Gasteiger partial charge on any atom is 0.109 e. The molecule has 1 aromatic heterocycles. The van der Waals surface area contributed by atoms with Crippen molar-refractivity contribution in [1.82, 2.24) is 10.3 Å². The van der Waals surface area contributed by atoms with Gasteiger partial charge in [0.1, 0.15) is 5.01 Å². The SMILES string of the molecule is C[C@@H](NC1CC1)c1nccs1. The molecule has 1 aliphatic rings. The first-order chi connectivity index (χ1) is 5.36. The Balaban J connectivity index is 1.93. The van der Waals surface area contributed by atoms with Crippen LogP contribution in [0.3, 0.4) is 0 Å². The minimum atomic E-state index is 0.447. The third-order valence-electron chi connectivity index (χ3n) is 1.88. The summed E-state index contributed by atoms with van der Waals surface area (Å²) in [5.41, 5.74) is 0. The van der Waals surface area contributed by atoms with E-state index in [2.05, 4.69) is 17.2 Å². The highest BCUT2D eigenvalue weighted by Crippen LogP contribution is 2.24. The normalized spacial score (nSPS) is 20.1. The summed E-state index contributed by atoms with van der Waals surface area (Å²) in [4.78, 5) is 4.25. The quantitative estimate of drug-likeness (QED) is 0.746. The molecule has 2 rings (SSSR count). The van der Waals surface area contributed by atoms with Crippen LogP contribution in [0, 0.1) is 0 Å². The Bertz CT molecular complexity index is 216. The number of nitrogens with zero attached hydrogens (tertiary/aromatic N) is 1. The predicted molar refractivity (Wildman–Crippen MR) is 46.7 cm³/mol. The van der Waals surface area contributed by atoms with E-state index in [1.807, 2.05) is 11.6 Å². The van der Waals surface area contributed by atoms with Gasteiger partial charge in [0, 0.05) is 17.6 Å². The smallest absolute Gasteiger partial charge is 0.109 e. The number of hydrogen-bond acceptors (Lipinski definition) is 3. The lowest BCUT2D eigenvalue weighted by molar-refractivity contribution is 0.568. The molecule has 0 aliphatic heterocycles. The highest BCUT2D eigenvalue weighted by molar-refractivity contribution is 7.09. The van der Waals surface area contributed by atoms with E-state index in [9.17, 15) is 0 Å². The standard InChI is InChI=1S/C8H12N2S/c1-6(10-7-2-3-7)8-9-4-5-11-8/h4-7,10H,2-3H2,1H3/t6-/m1/s1. The van der Waals surface area contributed by atoms with Gasteiger partial charge >= 0.3 is 0 Å². The van der Waals surface area contributed by atoms with Crippen molar-refractivity contribution in [3.8, 4) is 0 Å². The Hall–Kier alpha value is -0.410. The predicted octanol–water partition coefficient (Wildman–Crippen LogP) is 1.96. The lowest BCUT2D eigenvalue weighted by atomic mass is 10.3. The summed E-state index contributed by atoms with van der Waals surface area (Å²) in [5.74, 6) is 0. The average molecular weight is 168 g/mol. The number of nitrogens with one attached hydrogen (secondary N) is 1. The second-order valence-electron chi connectivity index (χ2n) is 3.03. The van der Waals surface area contributed by atoms with E-state index in [1.165, 1.54) is 17.8 Å². The van der Waals surface area contributed by atoms with Crippen LogP contribution in [0.5, 0.6) is 0 Å². The van der Waals surface area contributed by atoms with Gasteiger partial charge in [0.15, 0.2) is 0 Å². The fourth-order valence-corrected chi connectivity index (χ4v) is 1.78. The van der Waals surface area contributed by atoms with Gasteiger partial charge in [-0.25, -0.2) is 4.98 Å². The molecule has 60 valence electrons. The molecular weight excluding hydrogens is 156 g/mol. The Morgan fingerprint density at radius 3 is 3.09 bits per heavy atom. The molecule has 1 N–H and O–H groups in total. The molecule has 1 fully saturated rings. The molecule has 1 heterocycles. The number of thiazole rings is 1. The van der Waals surface area contributed by atoms with Crippen molar-refractivity contribution >= 4 is 11.3 Å². The van der Waals surface area contributed by atoms with E-state index in [-0.39, 0.29) is 0 Å². The van der Waals surface area contributed by atoms with Crippen LogP contribution in [-0.2, 0) is 0 Å². The Labute approximate surface area is 70.7 Å². The summed E-state index contributed by atoms with van der Waals surface area (Å²) in [7, 11) is 0. The zero-order chi connectivity index (χ0) is 7.68. The fraction of sp³-hybridized carbons (Fsp3) is 0.625. The highest BCUT2D eigenvalue weighted by atomic mass is 32.1. The molecule has 0 amide bonds. The van der Waals surface area contributed by atoms with Crippen LogP contribution in [0.25, 0.3) is 0 Å². The van der Waals surface area contributed by atoms with Crippen molar-refractivity contribution in [3.05, 3.63) is 16.6 Å². The lowest BCUT2D eigenvalue weighted by Gasteiger charge is -2.08. The van der Waals surface area contributed by atoms with Gasteiger partial charge < -0.3 is 5.32 Å². The molecule has 0 aromatic carbocycles. The van der Waals surface area contributed by atoms with Gasteiger partial charge in [-0.1, -0.05) is 0 Å². The van der Waals surface area contributed by atoms with Crippen molar-refractivity contribution in [1.29, 1.82) is 0 Å². The van der Waals surface area contributed by atoms with Crippen LogP contribution in [0.1, 0.15) is 30.8 Å². The first-order valence-electron chi connectivity index (χ1n) is 4.01. The Morgan fingerprint density at radius 1 is 1.73 bits per heavy atom. The molecule has 2 nitrogen and oxygen atoms in total. The fourth-order valence-electron chi connectivity index (χ4n) is 1.12. The summed E-state index contributed by atoms with van der Waals surface area (Å²) in [6.45, 7) is 2.18. The Morgan fingerprint density at radius 2 is 2.55 bits per heavy atom. The van der Waals surface area contributed by atoms with Crippen LogP contribution in [0.2, 0.25) is 0 Å². The number of aromatic nitrogens is 1. The molecule has 1 saturated carbocycles. The van der Waals surface area contributed by atoms with E-state index in [0.717, 1.165) is 6.04 Å². The van der Waals surface area contributed by atoms with E-state index in [0.29, 0.717) is 6.04 Å². The van der Waals surface area contributed by atoms with Crippen LogP contribution in [-0.4, -0.2) is 11.0 Å². The topological polar surface area (TPSA) is 24.9 Å². The van der Waals surface area contributed by atoms with Crippen molar-refractivity contribution in [2.75, 3.05) is 0 Å². The molecule has 0 unspecified atom stereocenters. The minimum Gasteiger partial charge on any atom is -0.305 e. The molecule has 0 saturated heterocycles. The van der Waals surface area contributed by atoms with Crippen LogP contribution >= 0.6 is 11.3 Å². The van der Waals surface area contributed by atoms with Crippen LogP contribution < -0.4 is 5.32 Å². The zero-order valence-electron chi connectivity index (χ0n) is 6.58. The molecule has 0 radical (unpaired) electrons. The van der Waals surface area contributed by atoms with Gasteiger partial charge in [0.25, 0.3) is 0 Å². The molecule has 3 heteroatoms. The second-order valence-corrected chi connectivity index (χ2v) is 3.96. The molecule has 0 bridgehead atoms. The third kappa shape index (κ3) is 1.79. The number of rotatable bonds is 3. The van der Waals surface area contributed by atoms with Crippen molar-refractivity contribution in [2.24, 2.45) is 0 Å². The van der Waals surface area contributed by atoms with Crippen molar-refractivity contribution < 1.29 is 0 Å². The van der Waals surface area contributed by atoms with Gasteiger partial charge in [0.05, 0.1) is 6.04 Å². The maximum atomic E-state index is 4.25. The largest absolute Gasteiger partial charge is 0.305 e. The molecule has 1 aliphatic carbocycles. The average Bonchev–Trinajstić information content (AvgIpc) is 2.67. The van der Waals surface area contributed by atoms with Crippen molar-refractivity contribution in [2.45, 2.75) is 31.8 Å². The highest BCUT2D eigenvalue weighted by Gasteiger charge is 2.23. The summed E-state index contributed by atoms with van der Waals surface area (Å²) >= 11 is 1.73. The van der Waals surface area contributed by atoms with Gasteiger partial charge in [-0.05, 0) is 19.8 Å². The maximum absolute atomic E-state index is 4.25. The monoisotopic (exact) mass is 168 g/mol. The molecule has 1 aromatic rings. The molecule has 1 atom stereocenters. The minimum absolute atomic E-state index is 0.447. The Kier molecular flexibility index (Phi) is 1.92. The van der Waals surface area contributed by atoms with Gasteiger partial charge in [0.2, 0.25) is 0 Å². The number of hydrogen-bond donors (Lipinski definition) is 1. The zero-order valence-corrected chi connectivity index (χ0v) is 7.40. The second kappa shape index (κ2) is 2.91.